The number of likely N-dealkylation sites (tertiary alicyclic amines) is 1. The predicted molar refractivity (Wildman–Crippen MR) is 108 cm³/mol. The summed E-state index contributed by atoms with van der Waals surface area (Å²) in [5.41, 5.74) is 3.56. The zero-order chi connectivity index (χ0) is 19.8. The molecule has 0 bridgehead atoms. The van der Waals surface area contributed by atoms with Gasteiger partial charge in [0.1, 0.15) is 6.54 Å². The van der Waals surface area contributed by atoms with E-state index in [9.17, 15) is 9.59 Å². The predicted octanol–water partition coefficient (Wildman–Crippen LogP) is 2.36. The van der Waals surface area contributed by atoms with Gasteiger partial charge in [0.15, 0.2) is 0 Å². The molecule has 1 aliphatic rings. The highest BCUT2D eigenvalue weighted by molar-refractivity contribution is 5.95. The molecule has 0 aromatic heterocycles. The average molecular weight is 382 g/mol. The Kier molecular flexibility index (Phi) is 7.03. The van der Waals surface area contributed by atoms with Gasteiger partial charge in [-0.1, -0.05) is 24.3 Å². The van der Waals surface area contributed by atoms with Crippen molar-refractivity contribution in [2.24, 2.45) is 0 Å². The molecule has 3 rings (SSSR count). The lowest BCUT2D eigenvalue weighted by molar-refractivity contribution is -0.901. The third-order valence-electron chi connectivity index (χ3n) is 4.91. The molecule has 0 spiro atoms. The number of benzene rings is 2. The quantitative estimate of drug-likeness (QED) is 0.688. The van der Waals surface area contributed by atoms with Crippen LogP contribution in [0.4, 0.5) is 10.5 Å². The zero-order valence-corrected chi connectivity index (χ0v) is 16.3. The summed E-state index contributed by atoms with van der Waals surface area (Å²) in [6, 6.07) is 15.2. The minimum absolute atomic E-state index is 0.145. The average Bonchev–Trinajstić information content (AvgIpc) is 3.21. The van der Waals surface area contributed by atoms with Crippen LogP contribution in [0, 0.1) is 0 Å². The van der Waals surface area contributed by atoms with E-state index in [1.807, 2.05) is 0 Å². The maximum atomic E-state index is 12.3. The number of ether oxygens (including phenoxy) is 1. The van der Waals surface area contributed by atoms with Gasteiger partial charge in [-0.25, -0.2) is 4.79 Å². The van der Waals surface area contributed by atoms with Crippen molar-refractivity contribution in [2.45, 2.75) is 32.9 Å². The minimum atomic E-state index is -0.505. The Hall–Kier alpha value is -2.86. The highest BCUT2D eigenvalue weighted by atomic mass is 16.5. The molecule has 1 aliphatic heterocycles. The van der Waals surface area contributed by atoms with Crippen molar-refractivity contribution in [3.05, 3.63) is 65.2 Å². The number of nitrogens with one attached hydrogen (secondary N) is 3. The van der Waals surface area contributed by atoms with Crippen LogP contribution in [0.2, 0.25) is 0 Å². The monoisotopic (exact) mass is 382 g/mol. The Labute approximate surface area is 165 Å². The molecule has 0 radical (unpaired) electrons. The fraction of sp³-hybridized carbons (Fsp3) is 0.364. The standard InChI is InChI=1S/C22H27N3O3/c1-2-28-22(27)24-20-11-9-19(10-12-20)21(26)23-15-17-5-7-18(8-6-17)16-25-13-3-4-14-25/h5-12H,2-4,13-16H2,1H3,(H,23,26)(H,24,27)/p+1. The molecule has 148 valence electrons. The number of carbonyl (C=O) groups excluding carboxylic acids is 2. The minimum Gasteiger partial charge on any atom is -0.450 e. The number of hydrogen-bond donors (Lipinski definition) is 3. The number of hydrogen-bond acceptors (Lipinski definition) is 3. The SMILES string of the molecule is CCOC(=O)Nc1ccc(C(=O)NCc2ccc(C[NH+]3CCCC3)cc2)cc1. The third kappa shape index (κ3) is 5.82. The second-order valence-corrected chi connectivity index (χ2v) is 7.06. The number of amides is 2. The number of carbonyl (C=O) groups is 2. The molecule has 0 unspecified atom stereocenters. The van der Waals surface area contributed by atoms with Gasteiger partial charge < -0.3 is 15.0 Å². The summed E-state index contributed by atoms with van der Waals surface area (Å²) in [7, 11) is 0. The van der Waals surface area contributed by atoms with Crippen LogP contribution < -0.4 is 15.5 Å². The van der Waals surface area contributed by atoms with Gasteiger partial charge in [0.2, 0.25) is 0 Å². The lowest BCUT2D eigenvalue weighted by Crippen LogP contribution is -3.08. The maximum Gasteiger partial charge on any atom is 0.411 e. The van der Waals surface area contributed by atoms with E-state index in [0.717, 1.165) is 12.1 Å². The van der Waals surface area contributed by atoms with E-state index in [4.69, 9.17) is 4.74 Å². The highest BCUT2D eigenvalue weighted by Gasteiger charge is 2.15. The fourth-order valence-electron chi connectivity index (χ4n) is 3.39. The molecule has 0 aliphatic carbocycles. The zero-order valence-electron chi connectivity index (χ0n) is 16.3. The van der Waals surface area contributed by atoms with Crippen molar-refractivity contribution in [3.8, 4) is 0 Å². The topological polar surface area (TPSA) is 71.9 Å². The van der Waals surface area contributed by atoms with Crippen LogP contribution in [0.1, 0.15) is 41.3 Å². The summed E-state index contributed by atoms with van der Waals surface area (Å²) in [5.74, 6) is -0.145. The molecule has 0 atom stereocenters. The van der Waals surface area contributed by atoms with Crippen molar-refractivity contribution in [3.63, 3.8) is 0 Å². The van der Waals surface area contributed by atoms with Crippen LogP contribution in [-0.4, -0.2) is 31.7 Å². The molecule has 2 amide bonds. The first-order valence-corrected chi connectivity index (χ1v) is 9.87. The molecular formula is C22H28N3O3+. The van der Waals surface area contributed by atoms with Gasteiger partial charge in [-0.05, 0) is 36.8 Å². The first kappa shape index (κ1) is 19.9. The van der Waals surface area contributed by atoms with E-state index < -0.39 is 6.09 Å². The lowest BCUT2D eigenvalue weighted by Gasteiger charge is -2.12. The van der Waals surface area contributed by atoms with E-state index in [0.29, 0.717) is 24.4 Å². The van der Waals surface area contributed by atoms with Gasteiger partial charge in [0, 0.05) is 36.2 Å². The van der Waals surface area contributed by atoms with Gasteiger partial charge >= 0.3 is 6.09 Å². The number of anilines is 1. The van der Waals surface area contributed by atoms with E-state index in [2.05, 4.69) is 34.9 Å². The Morgan fingerprint density at radius 3 is 2.25 bits per heavy atom. The van der Waals surface area contributed by atoms with Crippen LogP contribution in [0.15, 0.2) is 48.5 Å². The van der Waals surface area contributed by atoms with Crippen LogP contribution in [0.5, 0.6) is 0 Å². The molecule has 2 aromatic carbocycles. The number of quaternary nitrogens is 1. The van der Waals surface area contributed by atoms with Crippen molar-refractivity contribution < 1.29 is 19.2 Å². The Morgan fingerprint density at radius 1 is 0.964 bits per heavy atom. The van der Waals surface area contributed by atoms with Gasteiger partial charge in [-0.2, -0.15) is 0 Å². The molecule has 2 aromatic rings. The van der Waals surface area contributed by atoms with Gasteiger partial charge in [-0.3, -0.25) is 10.1 Å². The Balaban J connectivity index is 1.47. The fourth-order valence-corrected chi connectivity index (χ4v) is 3.39. The Bertz CT molecular complexity index is 782. The molecule has 1 heterocycles. The highest BCUT2D eigenvalue weighted by Crippen LogP contribution is 2.11. The lowest BCUT2D eigenvalue weighted by atomic mass is 10.1. The van der Waals surface area contributed by atoms with Gasteiger partial charge in [0.25, 0.3) is 5.91 Å². The van der Waals surface area contributed by atoms with Crippen LogP contribution in [0.3, 0.4) is 0 Å². The van der Waals surface area contributed by atoms with Crippen molar-refractivity contribution in [1.82, 2.24) is 5.32 Å². The molecule has 1 fully saturated rings. The Morgan fingerprint density at radius 2 is 1.61 bits per heavy atom. The van der Waals surface area contributed by atoms with Crippen molar-refractivity contribution in [2.75, 3.05) is 25.0 Å². The summed E-state index contributed by atoms with van der Waals surface area (Å²) in [6.07, 6.45) is 2.16. The van der Waals surface area contributed by atoms with E-state index >= 15 is 0 Å². The van der Waals surface area contributed by atoms with Crippen LogP contribution in [-0.2, 0) is 17.8 Å². The molecule has 6 heteroatoms. The summed E-state index contributed by atoms with van der Waals surface area (Å²) >= 11 is 0. The van der Waals surface area contributed by atoms with Crippen LogP contribution in [0.25, 0.3) is 0 Å². The van der Waals surface area contributed by atoms with E-state index in [-0.39, 0.29) is 5.91 Å². The summed E-state index contributed by atoms with van der Waals surface area (Å²) in [6.45, 7) is 6.16. The van der Waals surface area contributed by atoms with E-state index in [1.54, 1.807) is 36.1 Å². The first-order chi connectivity index (χ1) is 13.6. The van der Waals surface area contributed by atoms with E-state index in [1.165, 1.54) is 31.5 Å². The first-order valence-electron chi connectivity index (χ1n) is 9.87. The molecule has 0 saturated carbocycles. The molecule has 1 saturated heterocycles. The molecule has 3 N–H and O–H groups in total. The smallest absolute Gasteiger partial charge is 0.411 e. The van der Waals surface area contributed by atoms with Gasteiger partial charge in [0.05, 0.1) is 19.7 Å². The van der Waals surface area contributed by atoms with Gasteiger partial charge in [-0.15, -0.1) is 0 Å². The normalized spacial score (nSPS) is 13.9. The van der Waals surface area contributed by atoms with Crippen molar-refractivity contribution in [1.29, 1.82) is 0 Å². The second kappa shape index (κ2) is 9.90. The summed E-state index contributed by atoms with van der Waals surface area (Å²) in [4.78, 5) is 25.4. The van der Waals surface area contributed by atoms with Crippen molar-refractivity contribution >= 4 is 17.7 Å². The molecule has 28 heavy (non-hydrogen) atoms. The second-order valence-electron chi connectivity index (χ2n) is 7.06. The molecular weight excluding hydrogens is 354 g/mol. The summed E-state index contributed by atoms with van der Waals surface area (Å²) < 4.78 is 4.83. The third-order valence-corrected chi connectivity index (χ3v) is 4.91. The maximum absolute atomic E-state index is 12.3. The van der Waals surface area contributed by atoms with Crippen LogP contribution >= 0.6 is 0 Å². The summed E-state index contributed by atoms with van der Waals surface area (Å²) in [5, 5.41) is 5.54. The number of rotatable bonds is 7. The molecule has 6 nitrogen and oxygen atoms in total. The largest absolute Gasteiger partial charge is 0.450 e.